The molecule has 2 heteroatoms. The smallest absolute Gasteiger partial charge is 0.128 e. The van der Waals surface area contributed by atoms with Gasteiger partial charge < -0.3 is 9.84 Å². The van der Waals surface area contributed by atoms with Crippen LogP contribution in [0.2, 0.25) is 0 Å². The number of aliphatic hydroxyl groups is 1. The molecule has 1 N–H and O–H groups in total. The Balaban J connectivity index is 2.24. The zero-order valence-electron chi connectivity index (χ0n) is 10.2. The van der Waals surface area contributed by atoms with Gasteiger partial charge in [0.1, 0.15) is 11.4 Å². The molecule has 0 spiro atoms. The predicted molar refractivity (Wildman–Crippen MR) is 65.0 cm³/mol. The highest BCUT2D eigenvalue weighted by molar-refractivity contribution is 5.21. The Bertz CT molecular complexity index is 306. The lowest BCUT2D eigenvalue weighted by Gasteiger charge is -2.42. The molecule has 1 heterocycles. The second-order valence-corrected chi connectivity index (χ2v) is 5.13. The highest BCUT2D eigenvalue weighted by atomic mass is 16.5. The molecule has 90 valence electrons. The third-order valence-electron chi connectivity index (χ3n) is 3.83. The van der Waals surface area contributed by atoms with Gasteiger partial charge in [-0.3, -0.25) is 0 Å². The zero-order valence-corrected chi connectivity index (χ0v) is 10.2. The first-order valence-corrected chi connectivity index (χ1v) is 6.36. The fourth-order valence-electron chi connectivity index (χ4n) is 2.96. The van der Waals surface area contributed by atoms with E-state index in [1.54, 1.807) is 0 Å². The molecule has 0 amide bonds. The summed E-state index contributed by atoms with van der Waals surface area (Å²) in [6.07, 6.45) is 8.29. The summed E-state index contributed by atoms with van der Waals surface area (Å²) in [6, 6.07) is 0. The van der Waals surface area contributed by atoms with E-state index in [0.717, 1.165) is 50.0 Å². The number of hydrogen-bond acceptors (Lipinski definition) is 2. The van der Waals surface area contributed by atoms with Gasteiger partial charge in [0.2, 0.25) is 0 Å². The van der Waals surface area contributed by atoms with Crippen molar-refractivity contribution in [1.29, 1.82) is 0 Å². The number of ether oxygens (including phenoxy) is 1. The Hall–Kier alpha value is -0.760. The summed E-state index contributed by atoms with van der Waals surface area (Å²) in [5, 5.41) is 10.9. The van der Waals surface area contributed by atoms with Gasteiger partial charge in [0.15, 0.2) is 0 Å². The van der Waals surface area contributed by atoms with Crippen LogP contribution >= 0.6 is 0 Å². The highest BCUT2D eigenvalue weighted by Gasteiger charge is 2.44. The maximum absolute atomic E-state index is 10.9. The van der Waals surface area contributed by atoms with Crippen molar-refractivity contribution in [3.05, 3.63) is 24.0 Å². The van der Waals surface area contributed by atoms with Crippen molar-refractivity contribution in [3.63, 3.8) is 0 Å². The van der Waals surface area contributed by atoms with Crippen LogP contribution in [-0.4, -0.2) is 17.3 Å². The van der Waals surface area contributed by atoms with Gasteiger partial charge in [-0.1, -0.05) is 25.0 Å². The molecule has 0 unspecified atom stereocenters. The number of hydrogen-bond donors (Lipinski definition) is 1. The van der Waals surface area contributed by atoms with Gasteiger partial charge in [-0.15, -0.1) is 0 Å². The van der Waals surface area contributed by atoms with E-state index in [4.69, 9.17) is 4.74 Å². The molecule has 0 saturated heterocycles. The summed E-state index contributed by atoms with van der Waals surface area (Å²) in [5.74, 6) is 0.983. The quantitative estimate of drug-likeness (QED) is 0.727. The van der Waals surface area contributed by atoms with Crippen molar-refractivity contribution in [1.82, 2.24) is 0 Å². The molecule has 1 aliphatic heterocycles. The zero-order chi connectivity index (χ0) is 11.6. The summed E-state index contributed by atoms with van der Waals surface area (Å²) in [4.78, 5) is 0. The van der Waals surface area contributed by atoms with Crippen LogP contribution in [0.3, 0.4) is 0 Å². The SMILES string of the molecule is C=C(C)[C@H]1CCCC[C@]1(O)C1=CCCCO1. The third-order valence-corrected chi connectivity index (χ3v) is 3.83. The maximum Gasteiger partial charge on any atom is 0.128 e. The van der Waals surface area contributed by atoms with E-state index in [0.29, 0.717) is 0 Å². The van der Waals surface area contributed by atoms with Gasteiger partial charge in [-0.2, -0.15) is 0 Å². The van der Waals surface area contributed by atoms with E-state index in [1.165, 1.54) is 6.42 Å². The van der Waals surface area contributed by atoms with Gasteiger partial charge in [-0.05, 0) is 38.7 Å². The van der Waals surface area contributed by atoms with Crippen molar-refractivity contribution < 1.29 is 9.84 Å². The molecule has 2 nitrogen and oxygen atoms in total. The van der Waals surface area contributed by atoms with E-state index < -0.39 is 5.60 Å². The van der Waals surface area contributed by atoms with Crippen LogP contribution in [-0.2, 0) is 4.74 Å². The molecule has 0 bridgehead atoms. The average molecular weight is 222 g/mol. The van der Waals surface area contributed by atoms with E-state index >= 15 is 0 Å². The lowest BCUT2D eigenvalue weighted by molar-refractivity contribution is -0.0517. The molecule has 1 saturated carbocycles. The Labute approximate surface area is 98.0 Å². The monoisotopic (exact) mass is 222 g/mol. The first-order valence-electron chi connectivity index (χ1n) is 6.36. The molecule has 0 aromatic carbocycles. The van der Waals surface area contributed by atoms with Crippen LogP contribution in [0.25, 0.3) is 0 Å². The first kappa shape index (κ1) is 11.7. The van der Waals surface area contributed by atoms with Crippen LogP contribution in [0, 0.1) is 5.92 Å². The molecular weight excluding hydrogens is 200 g/mol. The van der Waals surface area contributed by atoms with E-state index in [1.807, 2.05) is 6.92 Å². The fourth-order valence-corrected chi connectivity index (χ4v) is 2.96. The van der Waals surface area contributed by atoms with Gasteiger partial charge in [0.25, 0.3) is 0 Å². The van der Waals surface area contributed by atoms with Gasteiger partial charge >= 0.3 is 0 Å². The summed E-state index contributed by atoms with van der Waals surface area (Å²) in [7, 11) is 0. The third kappa shape index (κ3) is 2.03. The van der Waals surface area contributed by atoms with Crippen LogP contribution in [0.5, 0.6) is 0 Å². The van der Waals surface area contributed by atoms with Crippen molar-refractivity contribution >= 4 is 0 Å². The van der Waals surface area contributed by atoms with Crippen molar-refractivity contribution in [2.24, 2.45) is 5.92 Å². The average Bonchev–Trinajstić information content (AvgIpc) is 2.30. The molecule has 1 aliphatic carbocycles. The molecule has 2 aliphatic rings. The molecular formula is C14H22O2. The second-order valence-electron chi connectivity index (χ2n) is 5.13. The van der Waals surface area contributed by atoms with Crippen molar-refractivity contribution in [2.45, 2.75) is 51.0 Å². The largest absolute Gasteiger partial charge is 0.495 e. The molecule has 0 radical (unpaired) electrons. The van der Waals surface area contributed by atoms with Crippen LogP contribution < -0.4 is 0 Å². The Morgan fingerprint density at radius 2 is 2.31 bits per heavy atom. The molecule has 2 atom stereocenters. The minimum atomic E-state index is -0.773. The lowest BCUT2D eigenvalue weighted by Crippen LogP contribution is -2.44. The van der Waals surface area contributed by atoms with Gasteiger partial charge in [0.05, 0.1) is 6.61 Å². The highest BCUT2D eigenvalue weighted by Crippen LogP contribution is 2.43. The minimum Gasteiger partial charge on any atom is -0.495 e. The molecule has 16 heavy (non-hydrogen) atoms. The van der Waals surface area contributed by atoms with Gasteiger partial charge in [0, 0.05) is 5.92 Å². The van der Waals surface area contributed by atoms with E-state index in [2.05, 4.69) is 12.7 Å². The van der Waals surface area contributed by atoms with E-state index in [-0.39, 0.29) is 5.92 Å². The predicted octanol–water partition coefficient (Wildman–Crippen LogP) is 3.18. The standard InChI is InChI=1S/C14H22O2/c1-11(2)12-7-3-5-9-14(12,15)13-8-4-6-10-16-13/h8,12,15H,1,3-7,9-10H2,2H3/t12-,14-/m1/s1. The fraction of sp³-hybridized carbons (Fsp3) is 0.714. The summed E-state index contributed by atoms with van der Waals surface area (Å²) < 4.78 is 5.67. The minimum absolute atomic E-state index is 0.172. The van der Waals surface area contributed by atoms with Crippen molar-refractivity contribution in [3.8, 4) is 0 Å². The molecule has 1 fully saturated rings. The maximum atomic E-state index is 10.9. The molecule has 0 aromatic rings. The summed E-state index contributed by atoms with van der Waals surface area (Å²) in [5.41, 5.74) is 0.307. The topological polar surface area (TPSA) is 29.5 Å². The second kappa shape index (κ2) is 4.62. The number of rotatable bonds is 2. The molecule has 2 rings (SSSR count). The van der Waals surface area contributed by atoms with Crippen LogP contribution in [0.4, 0.5) is 0 Å². The van der Waals surface area contributed by atoms with E-state index in [9.17, 15) is 5.11 Å². The lowest BCUT2D eigenvalue weighted by atomic mass is 9.71. The normalized spacial score (nSPS) is 35.1. The van der Waals surface area contributed by atoms with Crippen LogP contribution in [0.15, 0.2) is 24.0 Å². The van der Waals surface area contributed by atoms with Gasteiger partial charge in [-0.25, -0.2) is 0 Å². The summed E-state index contributed by atoms with van der Waals surface area (Å²) >= 11 is 0. The Kier molecular flexibility index (Phi) is 3.38. The Morgan fingerprint density at radius 1 is 1.50 bits per heavy atom. The Morgan fingerprint density at radius 3 is 2.94 bits per heavy atom. The van der Waals surface area contributed by atoms with Crippen LogP contribution in [0.1, 0.15) is 45.4 Å². The van der Waals surface area contributed by atoms with Crippen molar-refractivity contribution in [2.75, 3.05) is 6.61 Å². The summed E-state index contributed by atoms with van der Waals surface area (Å²) in [6.45, 7) is 6.79. The number of allylic oxidation sites excluding steroid dienone is 1. The first-order chi connectivity index (χ1) is 7.64. The molecule has 0 aromatic heterocycles.